The van der Waals surface area contributed by atoms with Gasteiger partial charge in [0.2, 0.25) is 0 Å². The third-order valence-corrected chi connectivity index (χ3v) is 4.11. The van der Waals surface area contributed by atoms with Crippen molar-refractivity contribution in [2.75, 3.05) is 13.6 Å². The van der Waals surface area contributed by atoms with E-state index in [0.717, 1.165) is 6.54 Å². The van der Waals surface area contributed by atoms with Crippen LogP contribution in [0.15, 0.2) is 60.7 Å². The van der Waals surface area contributed by atoms with Gasteiger partial charge in [-0.15, -0.1) is 0 Å². The van der Waals surface area contributed by atoms with E-state index in [1.807, 2.05) is 7.05 Å². The predicted octanol–water partition coefficient (Wildman–Crippen LogP) is 4.79. The molecular weight excluding hydrogens is 254 g/mol. The molecule has 112 valence electrons. The van der Waals surface area contributed by atoms with E-state index in [4.69, 9.17) is 0 Å². The zero-order chi connectivity index (χ0) is 14.8. The Morgan fingerprint density at radius 2 is 1.43 bits per heavy atom. The molecule has 0 heterocycles. The Kier molecular flexibility index (Phi) is 7.03. The minimum atomic E-state index is 0.697. The van der Waals surface area contributed by atoms with Gasteiger partial charge in [0.15, 0.2) is 0 Å². The Morgan fingerprint density at radius 3 is 2.10 bits per heavy atom. The van der Waals surface area contributed by atoms with Crippen molar-refractivity contribution in [2.45, 2.75) is 38.0 Å². The molecule has 1 heteroatoms. The molecule has 2 aromatic rings. The molecule has 21 heavy (non-hydrogen) atoms. The highest BCUT2D eigenvalue weighted by atomic mass is 14.8. The lowest BCUT2D eigenvalue weighted by atomic mass is 9.89. The summed E-state index contributed by atoms with van der Waals surface area (Å²) in [5, 5.41) is 3.26. The summed E-state index contributed by atoms with van der Waals surface area (Å²) < 4.78 is 0. The topological polar surface area (TPSA) is 12.0 Å². The molecule has 1 atom stereocenters. The van der Waals surface area contributed by atoms with Gasteiger partial charge in [-0.05, 0) is 62.7 Å². The average Bonchev–Trinajstić information content (AvgIpc) is 2.55. The highest BCUT2D eigenvalue weighted by Gasteiger charge is 2.10. The number of benzene rings is 2. The van der Waals surface area contributed by atoms with Gasteiger partial charge in [-0.1, -0.05) is 60.7 Å². The molecule has 2 rings (SSSR count). The third kappa shape index (κ3) is 5.73. The van der Waals surface area contributed by atoms with Crippen LogP contribution in [0.4, 0.5) is 0 Å². The van der Waals surface area contributed by atoms with Gasteiger partial charge in [-0.2, -0.15) is 0 Å². The highest BCUT2D eigenvalue weighted by molar-refractivity contribution is 5.20. The average molecular weight is 281 g/mol. The highest BCUT2D eigenvalue weighted by Crippen LogP contribution is 2.26. The van der Waals surface area contributed by atoms with Crippen LogP contribution < -0.4 is 5.32 Å². The van der Waals surface area contributed by atoms with E-state index in [1.54, 1.807) is 0 Å². The van der Waals surface area contributed by atoms with Gasteiger partial charge >= 0.3 is 0 Å². The molecule has 0 amide bonds. The Labute approximate surface area is 129 Å². The Bertz CT molecular complexity index is 478. The van der Waals surface area contributed by atoms with Crippen molar-refractivity contribution in [3.63, 3.8) is 0 Å². The normalized spacial score (nSPS) is 12.2. The van der Waals surface area contributed by atoms with Gasteiger partial charge in [0.1, 0.15) is 0 Å². The van der Waals surface area contributed by atoms with Crippen LogP contribution in [0.1, 0.15) is 42.7 Å². The molecule has 0 aliphatic rings. The van der Waals surface area contributed by atoms with E-state index in [9.17, 15) is 0 Å². The van der Waals surface area contributed by atoms with Crippen LogP contribution in [0, 0.1) is 0 Å². The summed E-state index contributed by atoms with van der Waals surface area (Å²) in [7, 11) is 2.03. The summed E-state index contributed by atoms with van der Waals surface area (Å²) >= 11 is 0. The second-order valence-corrected chi connectivity index (χ2v) is 5.73. The third-order valence-electron chi connectivity index (χ3n) is 4.11. The quantitative estimate of drug-likeness (QED) is 0.651. The van der Waals surface area contributed by atoms with Crippen LogP contribution in [0.5, 0.6) is 0 Å². The minimum absolute atomic E-state index is 0.697. The van der Waals surface area contributed by atoms with Crippen LogP contribution in [-0.4, -0.2) is 13.6 Å². The Balaban J connectivity index is 1.86. The Morgan fingerprint density at radius 1 is 0.810 bits per heavy atom. The van der Waals surface area contributed by atoms with E-state index in [2.05, 4.69) is 66.0 Å². The van der Waals surface area contributed by atoms with Crippen molar-refractivity contribution in [3.8, 4) is 0 Å². The smallest absolute Gasteiger partial charge is 0.00517 e. The molecule has 0 aromatic heterocycles. The summed E-state index contributed by atoms with van der Waals surface area (Å²) in [6.45, 7) is 1.11. The Hall–Kier alpha value is -1.60. The first kappa shape index (κ1) is 15.8. The van der Waals surface area contributed by atoms with E-state index >= 15 is 0 Å². The SMILES string of the molecule is CNCCCC(CCCc1ccccc1)c1ccccc1. The fraction of sp³-hybridized carbons (Fsp3) is 0.400. The van der Waals surface area contributed by atoms with Crippen molar-refractivity contribution in [3.05, 3.63) is 71.8 Å². The first-order valence-corrected chi connectivity index (χ1v) is 8.13. The standard InChI is InChI=1S/C20H27N/c1-21-17-9-16-20(19-13-6-3-7-14-19)15-8-12-18-10-4-2-5-11-18/h2-7,10-11,13-14,20-21H,8-9,12,15-17H2,1H3. The molecule has 1 nitrogen and oxygen atoms in total. The van der Waals surface area contributed by atoms with Gasteiger partial charge in [-0.25, -0.2) is 0 Å². The fourth-order valence-corrected chi connectivity index (χ4v) is 2.93. The molecule has 0 saturated heterocycles. The lowest BCUT2D eigenvalue weighted by Crippen LogP contribution is -2.10. The molecule has 0 aliphatic heterocycles. The lowest BCUT2D eigenvalue weighted by molar-refractivity contribution is 0.524. The van der Waals surface area contributed by atoms with E-state index in [1.165, 1.54) is 43.2 Å². The number of hydrogen-bond acceptors (Lipinski definition) is 1. The molecule has 0 spiro atoms. The van der Waals surface area contributed by atoms with E-state index in [0.29, 0.717) is 5.92 Å². The summed E-state index contributed by atoms with van der Waals surface area (Å²) in [5.41, 5.74) is 2.96. The van der Waals surface area contributed by atoms with Crippen molar-refractivity contribution in [1.29, 1.82) is 0 Å². The van der Waals surface area contributed by atoms with Gasteiger partial charge in [0, 0.05) is 0 Å². The zero-order valence-electron chi connectivity index (χ0n) is 13.1. The maximum absolute atomic E-state index is 3.26. The number of rotatable bonds is 9. The van der Waals surface area contributed by atoms with Gasteiger partial charge < -0.3 is 5.32 Å². The van der Waals surface area contributed by atoms with Crippen molar-refractivity contribution >= 4 is 0 Å². The first-order valence-electron chi connectivity index (χ1n) is 8.13. The predicted molar refractivity (Wildman–Crippen MR) is 91.7 cm³/mol. The van der Waals surface area contributed by atoms with Crippen LogP contribution in [-0.2, 0) is 6.42 Å². The monoisotopic (exact) mass is 281 g/mol. The molecule has 1 N–H and O–H groups in total. The van der Waals surface area contributed by atoms with Crippen molar-refractivity contribution in [2.24, 2.45) is 0 Å². The van der Waals surface area contributed by atoms with Crippen LogP contribution in [0.25, 0.3) is 0 Å². The van der Waals surface area contributed by atoms with E-state index in [-0.39, 0.29) is 0 Å². The maximum atomic E-state index is 3.26. The second kappa shape index (κ2) is 9.36. The van der Waals surface area contributed by atoms with Crippen LogP contribution in [0.3, 0.4) is 0 Å². The number of aryl methyl sites for hydroxylation is 1. The largest absolute Gasteiger partial charge is 0.320 e. The van der Waals surface area contributed by atoms with Crippen LogP contribution >= 0.6 is 0 Å². The first-order chi connectivity index (χ1) is 10.4. The number of hydrogen-bond donors (Lipinski definition) is 1. The molecule has 0 saturated carbocycles. The van der Waals surface area contributed by atoms with Gasteiger partial charge in [0.25, 0.3) is 0 Å². The molecule has 0 aliphatic carbocycles. The molecule has 1 unspecified atom stereocenters. The van der Waals surface area contributed by atoms with Crippen molar-refractivity contribution in [1.82, 2.24) is 5.32 Å². The summed E-state index contributed by atoms with van der Waals surface area (Å²) in [6, 6.07) is 21.8. The summed E-state index contributed by atoms with van der Waals surface area (Å²) in [4.78, 5) is 0. The van der Waals surface area contributed by atoms with Crippen molar-refractivity contribution < 1.29 is 0 Å². The number of nitrogens with one attached hydrogen (secondary N) is 1. The van der Waals surface area contributed by atoms with E-state index < -0.39 is 0 Å². The zero-order valence-corrected chi connectivity index (χ0v) is 13.1. The van der Waals surface area contributed by atoms with Gasteiger partial charge in [-0.3, -0.25) is 0 Å². The van der Waals surface area contributed by atoms with Gasteiger partial charge in [0.05, 0.1) is 0 Å². The summed E-state index contributed by atoms with van der Waals surface area (Å²) in [5.74, 6) is 0.697. The summed E-state index contributed by atoms with van der Waals surface area (Å²) in [6.07, 6.45) is 6.27. The molecule has 0 fully saturated rings. The fourth-order valence-electron chi connectivity index (χ4n) is 2.93. The minimum Gasteiger partial charge on any atom is -0.320 e. The molecule has 2 aromatic carbocycles. The molecular formula is C20H27N. The maximum Gasteiger partial charge on any atom is -0.00517 e. The van der Waals surface area contributed by atoms with Crippen LogP contribution in [0.2, 0.25) is 0 Å². The second-order valence-electron chi connectivity index (χ2n) is 5.73. The molecule has 0 radical (unpaired) electrons. The molecule has 0 bridgehead atoms. The lowest BCUT2D eigenvalue weighted by Gasteiger charge is -2.17.